The molecule has 0 spiro atoms. The summed E-state index contributed by atoms with van der Waals surface area (Å²) in [6.07, 6.45) is 3.10. The molecule has 4 heterocycles. The Morgan fingerprint density at radius 1 is 1.41 bits per heavy atom. The number of hydrogen-bond acceptors (Lipinski definition) is 7. The highest BCUT2D eigenvalue weighted by Gasteiger charge is 2.43. The molecule has 10 heteroatoms. The number of ether oxygens (including phenoxy) is 1. The highest BCUT2D eigenvalue weighted by molar-refractivity contribution is 5.99. The van der Waals surface area contributed by atoms with Crippen LogP contribution in [0.5, 0.6) is 5.75 Å². The summed E-state index contributed by atoms with van der Waals surface area (Å²) in [4.78, 5) is 47.8. The zero-order chi connectivity index (χ0) is 20.7. The lowest BCUT2D eigenvalue weighted by molar-refractivity contribution is 0.00563. The SMILES string of the molecule is CC[C@H]1COC2Cn3cc(C(=O)NCc4ccnc(C)n4)c(=O)c(O)c3C(=O)N21. The Balaban J connectivity index is 1.62. The molecule has 2 amide bonds. The molecule has 2 atom stereocenters. The van der Waals surface area contributed by atoms with E-state index in [0.717, 1.165) is 0 Å². The Bertz CT molecular complexity index is 1050. The third-order valence-corrected chi connectivity index (χ3v) is 5.21. The van der Waals surface area contributed by atoms with Gasteiger partial charge in [-0.15, -0.1) is 0 Å². The minimum absolute atomic E-state index is 0.0980. The first-order valence-electron chi connectivity index (χ1n) is 9.38. The van der Waals surface area contributed by atoms with Crippen molar-refractivity contribution >= 4 is 11.8 Å². The van der Waals surface area contributed by atoms with Gasteiger partial charge in [0.1, 0.15) is 11.4 Å². The first-order valence-corrected chi connectivity index (χ1v) is 9.38. The number of aryl methyl sites for hydroxylation is 1. The molecule has 2 aromatic heterocycles. The fraction of sp³-hybridized carbons (Fsp3) is 0.421. The van der Waals surface area contributed by atoms with Crippen LogP contribution in [0.15, 0.2) is 23.3 Å². The van der Waals surface area contributed by atoms with Gasteiger partial charge in [-0.25, -0.2) is 9.97 Å². The second-order valence-electron chi connectivity index (χ2n) is 7.06. The fourth-order valence-electron chi connectivity index (χ4n) is 3.71. The number of nitrogens with one attached hydrogen (secondary N) is 1. The minimum atomic E-state index is -0.882. The summed E-state index contributed by atoms with van der Waals surface area (Å²) in [5, 5.41) is 13.0. The van der Waals surface area contributed by atoms with Crippen LogP contribution in [0, 0.1) is 6.92 Å². The van der Waals surface area contributed by atoms with Crippen molar-refractivity contribution < 1.29 is 19.4 Å². The molecule has 0 saturated carbocycles. The molecule has 0 radical (unpaired) electrons. The third kappa shape index (κ3) is 3.25. The Morgan fingerprint density at radius 3 is 2.93 bits per heavy atom. The number of carbonyl (C=O) groups is 2. The van der Waals surface area contributed by atoms with E-state index in [9.17, 15) is 19.5 Å². The van der Waals surface area contributed by atoms with Crippen molar-refractivity contribution in [2.24, 2.45) is 0 Å². The molecule has 2 aliphatic rings. The number of pyridine rings is 1. The van der Waals surface area contributed by atoms with Gasteiger partial charge in [0.05, 0.1) is 31.4 Å². The van der Waals surface area contributed by atoms with Crippen molar-refractivity contribution in [2.45, 2.75) is 45.6 Å². The predicted molar refractivity (Wildman–Crippen MR) is 100 cm³/mol. The number of fused-ring (bicyclic) bond motifs is 2. The monoisotopic (exact) mass is 399 g/mol. The van der Waals surface area contributed by atoms with Crippen molar-refractivity contribution in [3.05, 3.63) is 51.5 Å². The standard InChI is InChI=1S/C19H21N5O5/c1-3-12-9-29-14-8-23-7-13(16(25)17(26)15(23)19(28)24(12)14)18(27)21-6-11-4-5-20-10(2)22-11/h4-5,7,12,14,26H,3,6,8-9H2,1-2H3,(H,21,27)/t12-,14?/m0/s1. The number of aromatic nitrogens is 3. The average Bonchev–Trinajstić information content (AvgIpc) is 3.12. The van der Waals surface area contributed by atoms with Crippen LogP contribution in [0.25, 0.3) is 0 Å². The van der Waals surface area contributed by atoms with E-state index in [1.165, 1.54) is 10.8 Å². The van der Waals surface area contributed by atoms with Gasteiger partial charge >= 0.3 is 0 Å². The number of amides is 2. The summed E-state index contributed by atoms with van der Waals surface area (Å²) >= 11 is 0. The molecule has 2 aromatic rings. The molecule has 10 nitrogen and oxygen atoms in total. The van der Waals surface area contributed by atoms with Crippen LogP contribution < -0.4 is 10.7 Å². The smallest absolute Gasteiger partial charge is 0.276 e. The topological polar surface area (TPSA) is 127 Å². The predicted octanol–water partition coefficient (Wildman–Crippen LogP) is 0.173. The van der Waals surface area contributed by atoms with Gasteiger partial charge in [-0.05, 0) is 19.4 Å². The van der Waals surface area contributed by atoms with Gasteiger partial charge in [0.25, 0.3) is 11.8 Å². The molecule has 29 heavy (non-hydrogen) atoms. The zero-order valence-electron chi connectivity index (χ0n) is 16.1. The summed E-state index contributed by atoms with van der Waals surface area (Å²) in [6.45, 7) is 4.40. The normalized spacial score (nSPS) is 20.3. The lowest BCUT2D eigenvalue weighted by Gasteiger charge is -2.34. The van der Waals surface area contributed by atoms with E-state index in [1.54, 1.807) is 24.1 Å². The summed E-state index contributed by atoms with van der Waals surface area (Å²) in [7, 11) is 0. The van der Waals surface area contributed by atoms with Crippen molar-refractivity contribution in [3.63, 3.8) is 0 Å². The summed E-state index contributed by atoms with van der Waals surface area (Å²) < 4.78 is 7.10. The van der Waals surface area contributed by atoms with E-state index in [-0.39, 0.29) is 30.4 Å². The van der Waals surface area contributed by atoms with Gasteiger partial charge in [0, 0.05) is 12.4 Å². The van der Waals surface area contributed by atoms with Crippen LogP contribution in [0.4, 0.5) is 0 Å². The van der Waals surface area contributed by atoms with Crippen LogP contribution in [-0.2, 0) is 17.8 Å². The number of rotatable bonds is 4. The first kappa shape index (κ1) is 19.1. The Labute approximate surface area is 166 Å². The Morgan fingerprint density at radius 2 is 2.21 bits per heavy atom. The fourth-order valence-corrected chi connectivity index (χ4v) is 3.71. The number of aromatic hydroxyl groups is 1. The van der Waals surface area contributed by atoms with Gasteiger partial charge < -0.3 is 24.6 Å². The minimum Gasteiger partial charge on any atom is -0.503 e. The van der Waals surface area contributed by atoms with Crippen LogP contribution in [0.1, 0.15) is 45.7 Å². The molecule has 1 saturated heterocycles. The molecule has 0 aromatic carbocycles. The molecule has 0 aliphatic carbocycles. The third-order valence-electron chi connectivity index (χ3n) is 5.21. The molecule has 152 valence electrons. The van der Waals surface area contributed by atoms with Crippen molar-refractivity contribution in [1.29, 1.82) is 0 Å². The average molecular weight is 399 g/mol. The second-order valence-corrected chi connectivity index (χ2v) is 7.06. The summed E-state index contributed by atoms with van der Waals surface area (Å²) in [5.74, 6) is -1.29. The molecule has 2 aliphatic heterocycles. The van der Waals surface area contributed by atoms with E-state index in [4.69, 9.17) is 4.74 Å². The molecular weight excluding hydrogens is 378 g/mol. The van der Waals surface area contributed by atoms with E-state index in [0.29, 0.717) is 24.5 Å². The number of carbonyl (C=O) groups excluding carboxylic acids is 2. The van der Waals surface area contributed by atoms with E-state index in [1.807, 2.05) is 6.92 Å². The first-order chi connectivity index (χ1) is 13.9. The molecule has 1 unspecified atom stereocenters. The lowest BCUT2D eigenvalue weighted by Crippen LogP contribution is -2.49. The quantitative estimate of drug-likeness (QED) is 0.750. The van der Waals surface area contributed by atoms with Crippen LogP contribution in [-0.4, -0.2) is 55.2 Å². The van der Waals surface area contributed by atoms with Crippen LogP contribution >= 0.6 is 0 Å². The number of nitrogens with zero attached hydrogens (tertiary/aromatic N) is 4. The molecule has 4 rings (SSSR count). The highest BCUT2D eigenvalue weighted by Crippen LogP contribution is 2.30. The maximum atomic E-state index is 12.9. The maximum absolute atomic E-state index is 12.9. The molecule has 2 N–H and O–H groups in total. The van der Waals surface area contributed by atoms with Gasteiger partial charge in [-0.2, -0.15) is 0 Å². The van der Waals surface area contributed by atoms with E-state index in [2.05, 4.69) is 15.3 Å². The van der Waals surface area contributed by atoms with Crippen LogP contribution in [0.3, 0.4) is 0 Å². The zero-order valence-corrected chi connectivity index (χ0v) is 16.1. The van der Waals surface area contributed by atoms with E-state index < -0.39 is 29.2 Å². The molecular formula is C19H21N5O5. The maximum Gasteiger partial charge on any atom is 0.276 e. The van der Waals surface area contributed by atoms with Gasteiger partial charge in [0.15, 0.2) is 17.7 Å². The summed E-state index contributed by atoms with van der Waals surface area (Å²) in [6, 6.07) is 1.55. The largest absolute Gasteiger partial charge is 0.503 e. The Kier molecular flexibility index (Phi) is 4.79. The van der Waals surface area contributed by atoms with Gasteiger partial charge in [-0.3, -0.25) is 14.4 Å². The molecule has 1 fully saturated rings. The second kappa shape index (κ2) is 7.28. The Hall–Kier alpha value is -3.27. The van der Waals surface area contributed by atoms with Gasteiger partial charge in [-0.1, -0.05) is 6.92 Å². The lowest BCUT2D eigenvalue weighted by atomic mass is 10.1. The molecule has 0 bridgehead atoms. The highest BCUT2D eigenvalue weighted by atomic mass is 16.5. The summed E-state index contributed by atoms with van der Waals surface area (Å²) in [5.41, 5.74) is -0.655. The number of hydrogen-bond donors (Lipinski definition) is 2. The van der Waals surface area contributed by atoms with Crippen molar-refractivity contribution in [1.82, 2.24) is 24.8 Å². The van der Waals surface area contributed by atoms with Crippen LogP contribution in [0.2, 0.25) is 0 Å². The van der Waals surface area contributed by atoms with Crippen molar-refractivity contribution in [3.8, 4) is 5.75 Å². The van der Waals surface area contributed by atoms with Gasteiger partial charge in [0.2, 0.25) is 5.43 Å². The van der Waals surface area contributed by atoms with E-state index >= 15 is 0 Å². The van der Waals surface area contributed by atoms with Crippen molar-refractivity contribution in [2.75, 3.05) is 6.61 Å².